The number of benzene rings is 1. The number of anilines is 1. The van der Waals surface area contributed by atoms with E-state index < -0.39 is 11.7 Å². The number of nitrogens with one attached hydrogen (secondary N) is 1. The molecule has 20 heavy (non-hydrogen) atoms. The number of carbonyl (C=O) groups is 1. The number of amides is 1. The van der Waals surface area contributed by atoms with Crippen LogP contribution in [0.15, 0.2) is 29.6 Å². The number of hydrogen-bond acceptors (Lipinski definition) is 4. The molecule has 0 radical (unpaired) electrons. The molecule has 2 aromatic rings. The Balaban J connectivity index is 1.92. The summed E-state index contributed by atoms with van der Waals surface area (Å²) in [6.07, 6.45) is 0. The van der Waals surface area contributed by atoms with Gasteiger partial charge in [0.15, 0.2) is 6.61 Å². The molecule has 0 spiro atoms. The fourth-order valence-electron chi connectivity index (χ4n) is 1.37. The summed E-state index contributed by atoms with van der Waals surface area (Å²) >= 11 is 6.84. The molecule has 1 aromatic heterocycles. The number of rotatable bonds is 4. The van der Waals surface area contributed by atoms with Crippen LogP contribution in [-0.4, -0.2) is 12.5 Å². The zero-order chi connectivity index (χ0) is 14.5. The molecule has 1 heterocycles. The van der Waals surface area contributed by atoms with Crippen LogP contribution in [0, 0.1) is 17.1 Å². The molecule has 4 nitrogen and oxygen atoms in total. The molecule has 102 valence electrons. The van der Waals surface area contributed by atoms with Crippen LogP contribution in [0.5, 0.6) is 5.75 Å². The second-order valence-electron chi connectivity index (χ2n) is 3.69. The van der Waals surface area contributed by atoms with Crippen LogP contribution in [0.25, 0.3) is 0 Å². The molecule has 1 aromatic carbocycles. The summed E-state index contributed by atoms with van der Waals surface area (Å²) < 4.78 is 18.1. The van der Waals surface area contributed by atoms with E-state index in [-0.39, 0.29) is 11.6 Å². The summed E-state index contributed by atoms with van der Waals surface area (Å²) in [5.41, 5.74) is 0.396. The molecule has 2 rings (SSSR count). The number of halogens is 2. The Hall–Kier alpha value is -2.10. The van der Waals surface area contributed by atoms with Gasteiger partial charge in [0, 0.05) is 6.07 Å². The van der Waals surface area contributed by atoms with Gasteiger partial charge in [-0.05, 0) is 23.6 Å². The van der Waals surface area contributed by atoms with Gasteiger partial charge in [-0.15, -0.1) is 11.3 Å². The van der Waals surface area contributed by atoms with Crippen molar-refractivity contribution < 1.29 is 13.9 Å². The quantitative estimate of drug-likeness (QED) is 0.941. The van der Waals surface area contributed by atoms with Crippen LogP contribution in [-0.2, 0) is 4.79 Å². The van der Waals surface area contributed by atoms with Crippen LogP contribution in [0.1, 0.15) is 5.56 Å². The maximum Gasteiger partial charge on any atom is 0.262 e. The third-order valence-corrected chi connectivity index (χ3v) is 3.42. The third kappa shape index (κ3) is 3.47. The van der Waals surface area contributed by atoms with Gasteiger partial charge in [-0.25, -0.2) is 4.39 Å². The van der Waals surface area contributed by atoms with Gasteiger partial charge in [-0.1, -0.05) is 11.6 Å². The second-order valence-corrected chi connectivity index (χ2v) is 5.01. The van der Waals surface area contributed by atoms with Crippen molar-refractivity contribution in [1.82, 2.24) is 0 Å². The number of thiophene rings is 1. The zero-order valence-electron chi connectivity index (χ0n) is 10.0. The molecule has 0 aliphatic heterocycles. The highest BCUT2D eigenvalue weighted by atomic mass is 35.5. The van der Waals surface area contributed by atoms with E-state index in [0.29, 0.717) is 16.3 Å². The van der Waals surface area contributed by atoms with E-state index in [9.17, 15) is 9.18 Å². The highest BCUT2D eigenvalue weighted by Crippen LogP contribution is 2.23. The monoisotopic (exact) mass is 310 g/mol. The first kappa shape index (κ1) is 14.3. The average molecular weight is 311 g/mol. The lowest BCUT2D eigenvalue weighted by Crippen LogP contribution is -2.20. The Kier molecular flexibility index (Phi) is 4.56. The topological polar surface area (TPSA) is 62.1 Å². The van der Waals surface area contributed by atoms with Crippen LogP contribution >= 0.6 is 22.9 Å². The summed E-state index contributed by atoms with van der Waals surface area (Å²) in [5.74, 6) is -0.677. The van der Waals surface area contributed by atoms with E-state index in [4.69, 9.17) is 21.6 Å². The Bertz CT molecular complexity index is 681. The van der Waals surface area contributed by atoms with Crippen LogP contribution in [0.2, 0.25) is 5.02 Å². The third-order valence-electron chi connectivity index (χ3n) is 2.30. The molecule has 0 unspecified atom stereocenters. The Morgan fingerprint density at radius 3 is 3.00 bits per heavy atom. The summed E-state index contributed by atoms with van der Waals surface area (Å²) in [6.45, 7) is -0.259. The predicted molar refractivity (Wildman–Crippen MR) is 74.6 cm³/mol. The van der Waals surface area contributed by atoms with Crippen molar-refractivity contribution in [2.24, 2.45) is 0 Å². The SMILES string of the molecule is N#Cc1ccsc1NC(=O)COc1ccc(F)c(Cl)c1. The van der Waals surface area contributed by atoms with Crippen molar-refractivity contribution in [3.8, 4) is 11.8 Å². The minimum atomic E-state index is -0.555. The predicted octanol–water partition coefficient (Wildman–Crippen LogP) is 3.43. The van der Waals surface area contributed by atoms with E-state index in [1.807, 2.05) is 6.07 Å². The van der Waals surface area contributed by atoms with Crippen molar-refractivity contribution in [1.29, 1.82) is 5.26 Å². The Morgan fingerprint density at radius 1 is 1.50 bits per heavy atom. The van der Waals surface area contributed by atoms with E-state index in [2.05, 4.69) is 5.32 Å². The number of carbonyl (C=O) groups excluding carboxylic acids is 1. The van der Waals surface area contributed by atoms with E-state index in [1.165, 1.54) is 23.5 Å². The molecular weight excluding hydrogens is 303 g/mol. The maximum absolute atomic E-state index is 12.9. The molecule has 0 saturated heterocycles. The van der Waals surface area contributed by atoms with Crippen molar-refractivity contribution in [3.05, 3.63) is 46.0 Å². The fraction of sp³-hybridized carbons (Fsp3) is 0.0769. The molecule has 0 fully saturated rings. The lowest BCUT2D eigenvalue weighted by molar-refractivity contribution is -0.118. The van der Waals surface area contributed by atoms with Gasteiger partial charge in [0.1, 0.15) is 22.6 Å². The van der Waals surface area contributed by atoms with Crippen LogP contribution in [0.3, 0.4) is 0 Å². The van der Waals surface area contributed by atoms with E-state index in [1.54, 1.807) is 11.4 Å². The smallest absolute Gasteiger partial charge is 0.262 e. The molecule has 0 atom stereocenters. The first-order valence-electron chi connectivity index (χ1n) is 5.45. The normalized spacial score (nSPS) is 9.85. The molecule has 0 bridgehead atoms. The van der Waals surface area contributed by atoms with Gasteiger partial charge in [0.2, 0.25) is 0 Å². The Morgan fingerprint density at radius 2 is 2.30 bits per heavy atom. The standard InChI is InChI=1S/C13H8ClFN2O2S/c14-10-5-9(1-2-11(10)15)19-7-12(18)17-13-8(6-16)3-4-20-13/h1-5H,7H2,(H,17,18). The van der Waals surface area contributed by atoms with Gasteiger partial charge in [-0.3, -0.25) is 4.79 Å². The number of hydrogen-bond donors (Lipinski definition) is 1. The largest absolute Gasteiger partial charge is 0.484 e. The highest BCUT2D eigenvalue weighted by Gasteiger charge is 2.09. The maximum atomic E-state index is 12.9. The summed E-state index contributed by atoms with van der Waals surface area (Å²) in [4.78, 5) is 11.7. The average Bonchev–Trinajstić information content (AvgIpc) is 2.87. The van der Waals surface area contributed by atoms with Crippen molar-refractivity contribution >= 4 is 33.8 Å². The summed E-state index contributed by atoms with van der Waals surface area (Å²) in [5, 5.41) is 13.5. The van der Waals surface area contributed by atoms with Crippen LogP contribution in [0.4, 0.5) is 9.39 Å². The lowest BCUT2D eigenvalue weighted by atomic mass is 10.3. The van der Waals surface area contributed by atoms with Gasteiger partial charge in [0.05, 0.1) is 10.6 Å². The molecular formula is C13H8ClFN2O2S. The summed E-state index contributed by atoms with van der Waals surface area (Å²) in [6, 6.07) is 7.39. The fourth-order valence-corrected chi connectivity index (χ4v) is 2.30. The van der Waals surface area contributed by atoms with Crippen LogP contribution < -0.4 is 10.1 Å². The molecule has 7 heteroatoms. The van der Waals surface area contributed by atoms with E-state index in [0.717, 1.165) is 6.07 Å². The number of ether oxygens (including phenoxy) is 1. The van der Waals surface area contributed by atoms with Gasteiger partial charge in [0.25, 0.3) is 5.91 Å². The van der Waals surface area contributed by atoms with Gasteiger partial charge in [-0.2, -0.15) is 5.26 Å². The van der Waals surface area contributed by atoms with Crippen molar-refractivity contribution in [3.63, 3.8) is 0 Å². The van der Waals surface area contributed by atoms with E-state index >= 15 is 0 Å². The van der Waals surface area contributed by atoms with Crippen molar-refractivity contribution in [2.75, 3.05) is 11.9 Å². The lowest BCUT2D eigenvalue weighted by Gasteiger charge is -2.07. The summed E-state index contributed by atoms with van der Waals surface area (Å²) in [7, 11) is 0. The number of nitriles is 1. The Labute approximate surface area is 123 Å². The van der Waals surface area contributed by atoms with Gasteiger partial charge >= 0.3 is 0 Å². The minimum absolute atomic E-state index is 0.0760. The minimum Gasteiger partial charge on any atom is -0.484 e. The molecule has 0 aliphatic carbocycles. The zero-order valence-corrected chi connectivity index (χ0v) is 11.6. The van der Waals surface area contributed by atoms with Gasteiger partial charge < -0.3 is 10.1 Å². The number of nitrogens with zero attached hydrogens (tertiary/aromatic N) is 1. The second kappa shape index (κ2) is 6.37. The first-order chi connectivity index (χ1) is 9.60. The molecule has 1 amide bonds. The van der Waals surface area contributed by atoms with Crippen molar-refractivity contribution in [2.45, 2.75) is 0 Å². The molecule has 0 saturated carbocycles. The highest BCUT2D eigenvalue weighted by molar-refractivity contribution is 7.14. The first-order valence-corrected chi connectivity index (χ1v) is 6.71. The molecule has 0 aliphatic rings. The molecule has 1 N–H and O–H groups in total.